The van der Waals surface area contributed by atoms with Crippen molar-refractivity contribution in [3.63, 3.8) is 0 Å². The van der Waals surface area contributed by atoms with Crippen molar-refractivity contribution in [1.29, 1.82) is 0 Å². The number of rotatable bonds is 5. The zero-order valence-corrected chi connectivity index (χ0v) is 20.1. The van der Waals surface area contributed by atoms with Crippen LogP contribution in [0.25, 0.3) is 0 Å². The van der Waals surface area contributed by atoms with E-state index in [1.54, 1.807) is 0 Å². The van der Waals surface area contributed by atoms with Crippen LogP contribution in [-0.2, 0) is 44.7 Å². The molecule has 0 aromatic heterocycles. The summed E-state index contributed by atoms with van der Waals surface area (Å²) in [5.41, 5.74) is 0. The largest absolute Gasteiger partial charge is 2.00 e. The van der Waals surface area contributed by atoms with Crippen molar-refractivity contribution in [3.8, 4) is 0 Å². The zero-order valence-electron chi connectivity index (χ0n) is 11.8. The Morgan fingerprint density at radius 1 is 1.11 bits per heavy atom. The van der Waals surface area contributed by atoms with Crippen LogP contribution in [0.1, 0.15) is 33.6 Å². The number of nitrogens with zero attached hydrogens (tertiary/aromatic N) is 1. The minimum Gasteiger partial charge on any atom is -0.412 e. The molecule has 0 unspecified atom stereocenters. The summed E-state index contributed by atoms with van der Waals surface area (Å²) in [6.07, 6.45) is 2.34. The quantitative estimate of drug-likeness (QED) is 0.292. The van der Waals surface area contributed by atoms with E-state index >= 15 is 0 Å². The average molecular weight is 385 g/mol. The molecule has 0 aliphatic rings. The number of unbranched alkanes of at least 4 members (excludes halogenated alkanes) is 1. The molecule has 0 saturated carbocycles. The van der Waals surface area contributed by atoms with E-state index in [1.807, 2.05) is 18.7 Å². The van der Waals surface area contributed by atoms with E-state index in [0.29, 0.717) is 8.64 Å². The summed E-state index contributed by atoms with van der Waals surface area (Å²) in [6.45, 7) is 9.01. The monoisotopic (exact) mass is 383 g/mol. The third-order valence-electron chi connectivity index (χ3n) is 1.82. The topological polar surface area (TPSA) is 15.3 Å². The van der Waals surface area contributed by atoms with E-state index in [1.165, 1.54) is 6.42 Å². The zero-order chi connectivity index (χ0) is 13.0. The molecule has 0 radical (unpaired) electrons. The van der Waals surface area contributed by atoms with Gasteiger partial charge in [0.05, 0.1) is 0 Å². The Balaban J connectivity index is -0.0000000980. The van der Waals surface area contributed by atoms with Gasteiger partial charge >= 0.3 is 49.0 Å². The maximum absolute atomic E-state index is 4.76. The fourth-order valence-corrected chi connectivity index (χ4v) is 1.57. The third-order valence-corrected chi connectivity index (χ3v) is 2.63. The predicted molar refractivity (Wildman–Crippen MR) is 85.8 cm³/mol. The SMILES string of the molecule is CCCCNC(=S)[S-].CCN(CC)C(=S)[S-].[Na+].[Zn+2]. The molecule has 0 aromatic rings. The minimum atomic E-state index is 0. The Morgan fingerprint density at radius 3 is 1.72 bits per heavy atom. The first-order valence-electron chi connectivity index (χ1n) is 5.40. The Kier molecular flexibility index (Phi) is 33.0. The van der Waals surface area contributed by atoms with E-state index in [0.717, 1.165) is 26.1 Å². The third kappa shape index (κ3) is 23.0. The molecule has 8 heteroatoms. The van der Waals surface area contributed by atoms with Crippen molar-refractivity contribution in [3.05, 3.63) is 0 Å². The van der Waals surface area contributed by atoms with Crippen LogP contribution >= 0.6 is 24.4 Å². The molecular formula is C10H20N2NaS4Zn+. The molecule has 0 bridgehead atoms. The van der Waals surface area contributed by atoms with Gasteiger partial charge in [0.15, 0.2) is 0 Å². The summed E-state index contributed by atoms with van der Waals surface area (Å²) in [5, 5.41) is 2.89. The Morgan fingerprint density at radius 2 is 1.56 bits per heavy atom. The smallest absolute Gasteiger partial charge is 0.412 e. The molecule has 0 saturated heterocycles. The second-order valence-electron chi connectivity index (χ2n) is 3.01. The first kappa shape index (κ1) is 28.1. The molecule has 0 aliphatic carbocycles. The maximum Gasteiger partial charge on any atom is 2.00 e. The summed E-state index contributed by atoms with van der Waals surface area (Å²) in [6, 6.07) is 0. The predicted octanol–water partition coefficient (Wildman–Crippen LogP) is -0.631. The molecule has 2 nitrogen and oxygen atoms in total. The number of hydrogen-bond donors (Lipinski definition) is 1. The van der Waals surface area contributed by atoms with E-state index in [-0.39, 0.29) is 49.0 Å². The summed E-state index contributed by atoms with van der Waals surface area (Å²) in [7, 11) is 0. The van der Waals surface area contributed by atoms with Crippen LogP contribution < -0.4 is 34.9 Å². The molecule has 0 amide bonds. The molecule has 18 heavy (non-hydrogen) atoms. The van der Waals surface area contributed by atoms with Gasteiger partial charge in [0.2, 0.25) is 0 Å². The summed E-state index contributed by atoms with van der Waals surface area (Å²) < 4.78 is 1.06. The van der Waals surface area contributed by atoms with Crippen LogP contribution in [0.3, 0.4) is 0 Å². The molecule has 0 fully saturated rings. The number of nitrogens with one attached hydrogen (secondary N) is 1. The van der Waals surface area contributed by atoms with Crippen LogP contribution in [0.5, 0.6) is 0 Å². The first-order valence-corrected chi connectivity index (χ1v) is 7.03. The fraction of sp³-hybridized carbons (Fsp3) is 0.800. The van der Waals surface area contributed by atoms with Gasteiger partial charge in [0, 0.05) is 19.6 Å². The molecular weight excluding hydrogens is 365 g/mol. The molecule has 96 valence electrons. The van der Waals surface area contributed by atoms with E-state index in [9.17, 15) is 0 Å². The van der Waals surface area contributed by atoms with E-state index < -0.39 is 0 Å². The molecule has 0 rings (SSSR count). The van der Waals surface area contributed by atoms with E-state index in [2.05, 4.69) is 37.1 Å². The van der Waals surface area contributed by atoms with Crippen molar-refractivity contribution in [2.24, 2.45) is 0 Å². The molecule has 1 N–H and O–H groups in total. The second kappa shape index (κ2) is 21.1. The van der Waals surface area contributed by atoms with Crippen LogP contribution in [0.2, 0.25) is 0 Å². The van der Waals surface area contributed by atoms with Crippen LogP contribution in [0.15, 0.2) is 0 Å². The van der Waals surface area contributed by atoms with E-state index in [4.69, 9.17) is 24.8 Å². The van der Waals surface area contributed by atoms with Gasteiger partial charge in [-0.05, 0) is 20.3 Å². The Hall–Kier alpha value is 1.84. The average Bonchev–Trinajstić information content (AvgIpc) is 2.20. The normalized spacial score (nSPS) is 7.72. The maximum atomic E-state index is 4.76. The van der Waals surface area contributed by atoms with Gasteiger partial charge in [0.25, 0.3) is 0 Å². The van der Waals surface area contributed by atoms with Crippen molar-refractivity contribution < 1.29 is 49.0 Å². The van der Waals surface area contributed by atoms with Crippen LogP contribution in [-0.4, -0.2) is 33.2 Å². The minimum absolute atomic E-state index is 0. The van der Waals surface area contributed by atoms with Gasteiger partial charge in [-0.25, -0.2) is 0 Å². The Bertz CT molecular complexity index is 204. The molecule has 0 aromatic carbocycles. The fourth-order valence-electron chi connectivity index (χ4n) is 0.849. The molecule has 0 atom stereocenters. The van der Waals surface area contributed by atoms with Crippen molar-refractivity contribution >= 4 is 58.3 Å². The van der Waals surface area contributed by atoms with Crippen LogP contribution in [0.4, 0.5) is 0 Å². The van der Waals surface area contributed by atoms with Crippen molar-refractivity contribution in [2.45, 2.75) is 33.6 Å². The molecule has 0 spiro atoms. The number of hydrogen-bond acceptors (Lipinski definition) is 4. The van der Waals surface area contributed by atoms with Crippen molar-refractivity contribution in [1.82, 2.24) is 10.2 Å². The number of thiocarbonyl (C=S) groups is 2. The summed E-state index contributed by atoms with van der Waals surface area (Å²) >= 11 is 18.7. The van der Waals surface area contributed by atoms with Gasteiger partial charge in [-0.3, -0.25) is 0 Å². The van der Waals surface area contributed by atoms with Gasteiger partial charge in [-0.15, -0.1) is 0 Å². The first-order chi connectivity index (χ1) is 7.49. The second-order valence-corrected chi connectivity index (χ2v) is 5.11. The van der Waals surface area contributed by atoms with Gasteiger partial charge in [0.1, 0.15) is 0 Å². The van der Waals surface area contributed by atoms with Crippen molar-refractivity contribution in [2.75, 3.05) is 19.6 Å². The molecule has 0 aliphatic heterocycles. The Labute approximate surface area is 169 Å². The van der Waals surface area contributed by atoms with Gasteiger partial charge in [-0.2, -0.15) is 0 Å². The van der Waals surface area contributed by atoms with Crippen LogP contribution in [0, 0.1) is 0 Å². The van der Waals surface area contributed by atoms with Gasteiger partial charge in [-0.1, -0.05) is 22.0 Å². The van der Waals surface area contributed by atoms with Gasteiger partial charge < -0.3 is 59.9 Å². The standard InChI is InChI=1S/2C5H11NS2.Na.Zn/c1-3-6(4-2)5(7)8;1-2-3-4-6-5(7)8;;/h3-4H2,1-2H3,(H,7,8);2-4H2,1H3,(H2,6,7,8);;/q;;+1;+2/p-2. The summed E-state index contributed by atoms with van der Waals surface area (Å²) in [5.74, 6) is 0. The summed E-state index contributed by atoms with van der Waals surface area (Å²) in [4.78, 5) is 1.96. The molecule has 0 heterocycles.